The van der Waals surface area contributed by atoms with Gasteiger partial charge in [-0.25, -0.2) is 0 Å². The molecule has 0 fully saturated rings. The third kappa shape index (κ3) is 6.52. The molecule has 0 bridgehead atoms. The van der Waals surface area contributed by atoms with Gasteiger partial charge in [0.2, 0.25) is 0 Å². The smallest absolute Gasteiger partial charge is 0.146 e. The molecule has 0 amide bonds. The van der Waals surface area contributed by atoms with Crippen LogP contribution in [0.1, 0.15) is 74.1 Å². The lowest BCUT2D eigenvalue weighted by molar-refractivity contribution is -0.135. The van der Waals surface area contributed by atoms with Crippen molar-refractivity contribution in [1.29, 1.82) is 0 Å². The van der Waals surface area contributed by atoms with Gasteiger partial charge in [0.25, 0.3) is 0 Å². The topological polar surface area (TPSA) is 46.5 Å². The van der Waals surface area contributed by atoms with E-state index in [9.17, 15) is 9.59 Å². The van der Waals surface area contributed by atoms with E-state index in [1.54, 1.807) is 6.20 Å². The predicted molar refractivity (Wildman–Crippen MR) is 106 cm³/mol. The first kappa shape index (κ1) is 21.8. The van der Waals surface area contributed by atoms with Gasteiger partial charge in [-0.1, -0.05) is 54.5 Å². The molecule has 0 saturated heterocycles. The van der Waals surface area contributed by atoms with E-state index in [1.807, 2.05) is 19.9 Å². The molecule has 3 atom stereocenters. The van der Waals surface area contributed by atoms with Crippen molar-refractivity contribution in [2.24, 2.45) is 40.5 Å². The molecule has 3 heteroatoms. The summed E-state index contributed by atoms with van der Waals surface area (Å²) in [7, 11) is 0. The Morgan fingerprint density at radius 1 is 1.08 bits per heavy atom. The van der Waals surface area contributed by atoms with Gasteiger partial charge in [0, 0.05) is 36.6 Å². The van der Waals surface area contributed by atoms with Gasteiger partial charge in [-0.05, 0) is 30.6 Å². The van der Waals surface area contributed by atoms with E-state index in [0.29, 0.717) is 30.6 Å². The molecule has 0 aromatic rings. The van der Waals surface area contributed by atoms with Gasteiger partial charge in [0.15, 0.2) is 0 Å². The third-order valence-corrected chi connectivity index (χ3v) is 5.34. The molecule has 3 unspecified atom stereocenters. The van der Waals surface area contributed by atoms with Crippen molar-refractivity contribution in [3.8, 4) is 0 Å². The number of allylic oxidation sites excluding steroid dienone is 1. The lowest BCUT2D eigenvalue weighted by Gasteiger charge is -2.29. The molecule has 3 nitrogen and oxygen atoms in total. The van der Waals surface area contributed by atoms with E-state index in [1.165, 1.54) is 0 Å². The maximum absolute atomic E-state index is 13.2. The van der Waals surface area contributed by atoms with Crippen LogP contribution in [-0.2, 0) is 9.59 Å². The van der Waals surface area contributed by atoms with Crippen LogP contribution in [0.3, 0.4) is 0 Å². The normalized spacial score (nSPS) is 19.6. The van der Waals surface area contributed by atoms with Crippen molar-refractivity contribution < 1.29 is 9.59 Å². The maximum atomic E-state index is 13.2. The third-order valence-electron chi connectivity index (χ3n) is 5.34. The van der Waals surface area contributed by atoms with Crippen LogP contribution in [0, 0.1) is 35.5 Å². The fourth-order valence-electron chi connectivity index (χ4n) is 3.83. The highest BCUT2D eigenvalue weighted by Gasteiger charge is 2.35. The first-order chi connectivity index (χ1) is 11.7. The van der Waals surface area contributed by atoms with Crippen molar-refractivity contribution in [2.45, 2.75) is 74.1 Å². The standard InChI is InChI=1S/C22H37NO2/c1-8-21(24)19(13-20-16(6)9-10-23-20)22(25)17(7)18(11-14(2)3)12-15(4)5/h9-10,14-19H,8,11-13H2,1-7H3. The van der Waals surface area contributed by atoms with Gasteiger partial charge in [-0.3, -0.25) is 14.6 Å². The van der Waals surface area contributed by atoms with Gasteiger partial charge >= 0.3 is 0 Å². The Hall–Kier alpha value is -1.25. The first-order valence-electron chi connectivity index (χ1n) is 9.96. The van der Waals surface area contributed by atoms with Crippen molar-refractivity contribution in [3.05, 3.63) is 12.3 Å². The highest BCUT2D eigenvalue weighted by molar-refractivity contribution is 6.07. The molecule has 0 aromatic heterocycles. The second-order valence-corrected chi connectivity index (χ2v) is 8.54. The number of hydrogen-bond acceptors (Lipinski definition) is 3. The number of rotatable bonds is 11. The molecule has 0 aliphatic carbocycles. The fourth-order valence-corrected chi connectivity index (χ4v) is 3.83. The van der Waals surface area contributed by atoms with Crippen molar-refractivity contribution in [2.75, 3.05) is 0 Å². The lowest BCUT2D eigenvalue weighted by Crippen LogP contribution is -2.35. The van der Waals surface area contributed by atoms with Crippen LogP contribution in [0.5, 0.6) is 0 Å². The minimum absolute atomic E-state index is 0.0616. The van der Waals surface area contributed by atoms with Crippen LogP contribution in [0.2, 0.25) is 0 Å². The van der Waals surface area contributed by atoms with Crippen LogP contribution < -0.4 is 0 Å². The summed E-state index contributed by atoms with van der Waals surface area (Å²) in [5, 5.41) is 0. The summed E-state index contributed by atoms with van der Waals surface area (Å²) < 4.78 is 0. The van der Waals surface area contributed by atoms with Crippen molar-refractivity contribution >= 4 is 17.3 Å². The average Bonchev–Trinajstić information content (AvgIpc) is 2.94. The largest absolute Gasteiger partial charge is 0.299 e. The second-order valence-electron chi connectivity index (χ2n) is 8.54. The van der Waals surface area contributed by atoms with E-state index in [-0.39, 0.29) is 23.4 Å². The molecule has 0 aromatic carbocycles. The molecule has 142 valence electrons. The summed E-state index contributed by atoms with van der Waals surface area (Å²) in [5.74, 6) is 1.29. The molecular formula is C22H37NO2. The number of carbonyl (C=O) groups is 2. The maximum Gasteiger partial charge on any atom is 0.146 e. The summed E-state index contributed by atoms with van der Waals surface area (Å²) in [6.45, 7) is 14.8. The summed E-state index contributed by atoms with van der Waals surface area (Å²) >= 11 is 0. The number of hydrogen-bond donors (Lipinski definition) is 0. The highest BCUT2D eigenvalue weighted by atomic mass is 16.2. The number of nitrogens with zero attached hydrogens (tertiary/aromatic N) is 1. The number of aliphatic imine (C=N–C) groups is 1. The van der Waals surface area contributed by atoms with E-state index >= 15 is 0 Å². The Morgan fingerprint density at radius 3 is 2.04 bits per heavy atom. The van der Waals surface area contributed by atoms with Gasteiger partial charge < -0.3 is 0 Å². The van der Waals surface area contributed by atoms with Crippen molar-refractivity contribution in [1.82, 2.24) is 0 Å². The fraction of sp³-hybridized carbons (Fsp3) is 0.773. The van der Waals surface area contributed by atoms with Crippen LogP contribution in [0.15, 0.2) is 17.3 Å². The predicted octanol–water partition coefficient (Wildman–Crippen LogP) is 5.49. The monoisotopic (exact) mass is 347 g/mol. The molecule has 25 heavy (non-hydrogen) atoms. The average molecular weight is 348 g/mol. The Morgan fingerprint density at radius 2 is 1.64 bits per heavy atom. The lowest BCUT2D eigenvalue weighted by atomic mass is 9.74. The van der Waals surface area contributed by atoms with Crippen LogP contribution in [-0.4, -0.2) is 17.3 Å². The first-order valence-corrected chi connectivity index (χ1v) is 9.96. The Labute approximate surface area is 154 Å². The van der Waals surface area contributed by atoms with E-state index in [2.05, 4.69) is 39.6 Å². The minimum Gasteiger partial charge on any atom is -0.299 e. The number of carbonyl (C=O) groups excluding carboxylic acids is 2. The molecule has 0 radical (unpaired) electrons. The highest BCUT2D eigenvalue weighted by Crippen LogP contribution is 2.31. The van der Waals surface area contributed by atoms with E-state index in [0.717, 1.165) is 18.6 Å². The molecule has 1 aliphatic heterocycles. The van der Waals surface area contributed by atoms with Gasteiger partial charge in [-0.2, -0.15) is 0 Å². The quantitative estimate of drug-likeness (QED) is 0.464. The minimum atomic E-state index is -0.525. The molecule has 0 saturated carbocycles. The van der Waals surface area contributed by atoms with Crippen LogP contribution in [0.25, 0.3) is 0 Å². The second kappa shape index (κ2) is 10.0. The number of Topliss-reactive ketones (excluding diaryl/α,β-unsaturated/α-hetero) is 2. The van der Waals surface area contributed by atoms with Crippen molar-refractivity contribution in [3.63, 3.8) is 0 Å². The molecule has 1 heterocycles. The van der Waals surface area contributed by atoms with Crippen LogP contribution in [0.4, 0.5) is 0 Å². The molecule has 0 N–H and O–H groups in total. The van der Waals surface area contributed by atoms with E-state index in [4.69, 9.17) is 0 Å². The zero-order chi connectivity index (χ0) is 19.1. The molecule has 0 spiro atoms. The molecule has 1 aliphatic rings. The SMILES string of the molecule is CCC(=O)C(CC1=NC=CC1C)C(=O)C(C)C(CC(C)C)CC(C)C. The number of ketones is 2. The van der Waals surface area contributed by atoms with Gasteiger partial charge in [0.05, 0.1) is 5.92 Å². The summed E-state index contributed by atoms with van der Waals surface area (Å²) in [6.07, 6.45) is 6.80. The zero-order valence-electron chi connectivity index (χ0n) is 17.2. The van der Waals surface area contributed by atoms with E-state index < -0.39 is 5.92 Å². The summed E-state index contributed by atoms with van der Waals surface area (Å²) in [4.78, 5) is 30.2. The van der Waals surface area contributed by atoms with Crippen LogP contribution >= 0.6 is 0 Å². The molecular weight excluding hydrogens is 310 g/mol. The Bertz CT molecular complexity index is 506. The van der Waals surface area contributed by atoms with Gasteiger partial charge in [-0.15, -0.1) is 0 Å². The zero-order valence-corrected chi connectivity index (χ0v) is 17.2. The Kier molecular flexibility index (Phi) is 8.75. The molecule has 1 rings (SSSR count). The Balaban J connectivity index is 2.94. The summed E-state index contributed by atoms with van der Waals surface area (Å²) in [5.41, 5.74) is 0.969. The van der Waals surface area contributed by atoms with Gasteiger partial charge in [0.1, 0.15) is 11.6 Å². The summed E-state index contributed by atoms with van der Waals surface area (Å²) in [6, 6.07) is 0.